The molecule has 2 aromatic carbocycles. The molecule has 0 fully saturated rings. The van der Waals surface area contributed by atoms with Gasteiger partial charge in [-0.15, -0.1) is 0 Å². The Balaban J connectivity index is 2.07. The fraction of sp³-hybridized carbons (Fsp3) is 0.278. The van der Waals surface area contributed by atoms with Gasteiger partial charge in [-0.05, 0) is 42.3 Å². The molecule has 6 heteroatoms. The third-order valence-electron chi connectivity index (χ3n) is 3.47. The van der Waals surface area contributed by atoms with Gasteiger partial charge in [0.1, 0.15) is 5.82 Å². The van der Waals surface area contributed by atoms with E-state index in [9.17, 15) is 13.4 Å². The number of hydrogen-bond acceptors (Lipinski definition) is 3. The molecule has 0 aliphatic carbocycles. The van der Waals surface area contributed by atoms with Crippen LogP contribution in [0.1, 0.15) is 21.5 Å². The number of aryl methyl sites for hydroxylation is 1. The minimum Gasteiger partial charge on any atom is -0.384 e. The van der Waals surface area contributed by atoms with Crippen molar-refractivity contribution in [2.24, 2.45) is 0 Å². The van der Waals surface area contributed by atoms with Gasteiger partial charge in [0.2, 0.25) is 0 Å². The second-order valence-electron chi connectivity index (χ2n) is 5.39. The zero-order valence-corrected chi connectivity index (χ0v) is 14.5. The highest BCUT2D eigenvalue weighted by molar-refractivity contribution is 7.84. The number of halogens is 1. The Morgan fingerprint density at radius 1 is 1.25 bits per heavy atom. The lowest BCUT2D eigenvalue weighted by atomic mass is 10.1. The quantitative estimate of drug-likeness (QED) is 0.835. The number of amides is 1. The molecule has 1 N–H and O–H groups in total. The monoisotopic (exact) mass is 349 g/mol. The number of hydrogen-bond donors (Lipinski definition) is 1. The van der Waals surface area contributed by atoms with E-state index in [0.29, 0.717) is 34.9 Å². The van der Waals surface area contributed by atoms with Crippen LogP contribution in [0.3, 0.4) is 0 Å². The SMILES string of the molecule is COCC[S@](=O)Cc1cccc(NC(=O)c2cc(F)ccc2C)c1. The van der Waals surface area contributed by atoms with Gasteiger partial charge in [0.15, 0.2) is 0 Å². The third-order valence-corrected chi connectivity index (χ3v) is 4.75. The highest BCUT2D eigenvalue weighted by atomic mass is 32.2. The molecule has 2 rings (SSSR count). The van der Waals surface area contributed by atoms with Gasteiger partial charge in [-0.1, -0.05) is 18.2 Å². The molecule has 0 aromatic heterocycles. The molecule has 0 bridgehead atoms. The van der Waals surface area contributed by atoms with Crippen molar-refractivity contribution in [2.75, 3.05) is 24.8 Å². The fourth-order valence-electron chi connectivity index (χ4n) is 2.21. The van der Waals surface area contributed by atoms with Crippen LogP contribution in [0.5, 0.6) is 0 Å². The lowest BCUT2D eigenvalue weighted by molar-refractivity contribution is 0.102. The van der Waals surface area contributed by atoms with Crippen molar-refractivity contribution in [2.45, 2.75) is 12.7 Å². The second kappa shape index (κ2) is 8.70. The van der Waals surface area contributed by atoms with Gasteiger partial charge >= 0.3 is 0 Å². The van der Waals surface area contributed by atoms with E-state index in [4.69, 9.17) is 4.74 Å². The fourth-order valence-corrected chi connectivity index (χ4v) is 3.26. The van der Waals surface area contributed by atoms with Crippen LogP contribution in [-0.2, 0) is 21.3 Å². The van der Waals surface area contributed by atoms with Crippen molar-refractivity contribution >= 4 is 22.4 Å². The number of benzene rings is 2. The predicted octanol–water partition coefficient (Wildman–Crippen LogP) is 3.28. The molecule has 0 saturated heterocycles. The van der Waals surface area contributed by atoms with E-state index in [2.05, 4.69) is 5.32 Å². The molecule has 24 heavy (non-hydrogen) atoms. The lowest BCUT2D eigenvalue weighted by Crippen LogP contribution is -2.14. The topological polar surface area (TPSA) is 55.4 Å². The van der Waals surface area contributed by atoms with Crippen LogP contribution in [0.4, 0.5) is 10.1 Å². The van der Waals surface area contributed by atoms with Crippen molar-refractivity contribution in [1.82, 2.24) is 0 Å². The van der Waals surface area contributed by atoms with Gasteiger partial charge in [-0.2, -0.15) is 0 Å². The van der Waals surface area contributed by atoms with Gasteiger partial charge in [-0.25, -0.2) is 4.39 Å². The molecular formula is C18H20FNO3S. The summed E-state index contributed by atoms with van der Waals surface area (Å²) in [6.45, 7) is 2.20. The standard InChI is InChI=1S/C18H20FNO3S/c1-13-6-7-15(19)11-17(13)18(21)20-16-5-3-4-14(10-16)12-24(22)9-8-23-2/h3-7,10-11H,8-9,12H2,1-2H3,(H,20,21)/t24-/m0/s1. The summed E-state index contributed by atoms with van der Waals surface area (Å²) in [5, 5.41) is 2.75. The first-order chi connectivity index (χ1) is 11.5. The van der Waals surface area contributed by atoms with Crippen molar-refractivity contribution in [3.05, 3.63) is 65.0 Å². The number of carbonyl (C=O) groups excluding carboxylic acids is 1. The minimum atomic E-state index is -1.02. The summed E-state index contributed by atoms with van der Waals surface area (Å²) in [6.07, 6.45) is 0. The van der Waals surface area contributed by atoms with E-state index < -0.39 is 16.6 Å². The Labute approximate surface area is 143 Å². The molecule has 0 aliphatic heterocycles. The van der Waals surface area contributed by atoms with Crippen molar-refractivity contribution < 1.29 is 18.1 Å². The summed E-state index contributed by atoms with van der Waals surface area (Å²) in [5.74, 6) is 0.0412. The number of carbonyl (C=O) groups is 1. The molecule has 4 nitrogen and oxygen atoms in total. The number of methoxy groups -OCH3 is 1. The van der Waals surface area contributed by atoms with Crippen molar-refractivity contribution in [1.29, 1.82) is 0 Å². The predicted molar refractivity (Wildman–Crippen MR) is 94.1 cm³/mol. The maximum atomic E-state index is 13.3. The van der Waals surface area contributed by atoms with Gasteiger partial charge in [0, 0.05) is 40.7 Å². The van der Waals surface area contributed by atoms with Crippen LogP contribution in [0.25, 0.3) is 0 Å². The van der Waals surface area contributed by atoms with Crippen LogP contribution in [0, 0.1) is 12.7 Å². The van der Waals surface area contributed by atoms with Crippen LogP contribution in [-0.4, -0.2) is 29.6 Å². The first kappa shape index (κ1) is 18.3. The zero-order chi connectivity index (χ0) is 17.5. The van der Waals surface area contributed by atoms with Gasteiger partial charge in [0.05, 0.1) is 6.61 Å². The van der Waals surface area contributed by atoms with Crippen LogP contribution < -0.4 is 5.32 Å². The average molecular weight is 349 g/mol. The summed E-state index contributed by atoms with van der Waals surface area (Å²) in [5.41, 5.74) is 2.44. The molecule has 2 aromatic rings. The number of nitrogens with one attached hydrogen (secondary N) is 1. The van der Waals surface area contributed by atoms with E-state index >= 15 is 0 Å². The number of ether oxygens (including phenoxy) is 1. The van der Waals surface area contributed by atoms with E-state index in [-0.39, 0.29) is 5.91 Å². The van der Waals surface area contributed by atoms with Gasteiger partial charge in [-0.3, -0.25) is 9.00 Å². The molecular weight excluding hydrogens is 329 g/mol. The maximum Gasteiger partial charge on any atom is 0.256 e. The van der Waals surface area contributed by atoms with E-state index in [1.807, 2.05) is 6.07 Å². The maximum absolute atomic E-state index is 13.3. The van der Waals surface area contributed by atoms with Gasteiger partial charge < -0.3 is 10.1 Å². The summed E-state index contributed by atoms with van der Waals surface area (Å²) < 4.78 is 30.2. The molecule has 0 saturated carbocycles. The first-order valence-corrected chi connectivity index (χ1v) is 8.99. The minimum absolute atomic E-state index is 0.295. The number of anilines is 1. The highest BCUT2D eigenvalue weighted by Crippen LogP contribution is 2.16. The van der Waals surface area contributed by atoms with Crippen LogP contribution >= 0.6 is 0 Å². The smallest absolute Gasteiger partial charge is 0.256 e. The van der Waals surface area contributed by atoms with E-state index in [1.54, 1.807) is 38.3 Å². The molecule has 0 aliphatic rings. The molecule has 0 unspecified atom stereocenters. The molecule has 0 heterocycles. The Hall–Kier alpha value is -2.05. The normalized spacial score (nSPS) is 12.0. The van der Waals surface area contributed by atoms with Crippen molar-refractivity contribution in [3.63, 3.8) is 0 Å². The lowest BCUT2D eigenvalue weighted by Gasteiger charge is -2.09. The largest absolute Gasteiger partial charge is 0.384 e. The Kier molecular flexibility index (Phi) is 6.63. The van der Waals surface area contributed by atoms with Gasteiger partial charge in [0.25, 0.3) is 5.91 Å². The summed E-state index contributed by atoms with van der Waals surface area (Å²) in [6, 6.07) is 11.3. The summed E-state index contributed by atoms with van der Waals surface area (Å²) in [4.78, 5) is 12.3. The Morgan fingerprint density at radius 2 is 2.04 bits per heavy atom. The number of rotatable bonds is 7. The summed E-state index contributed by atoms with van der Waals surface area (Å²) in [7, 11) is 0.549. The highest BCUT2D eigenvalue weighted by Gasteiger charge is 2.11. The Morgan fingerprint density at radius 3 is 2.79 bits per heavy atom. The molecule has 1 amide bonds. The first-order valence-electron chi connectivity index (χ1n) is 7.50. The third kappa shape index (κ3) is 5.25. The van der Waals surface area contributed by atoms with Crippen LogP contribution in [0.2, 0.25) is 0 Å². The van der Waals surface area contributed by atoms with E-state index in [0.717, 1.165) is 5.56 Å². The van der Waals surface area contributed by atoms with E-state index in [1.165, 1.54) is 12.1 Å². The molecule has 1 atom stereocenters. The molecule has 0 spiro atoms. The molecule has 0 radical (unpaired) electrons. The molecule has 128 valence electrons. The zero-order valence-electron chi connectivity index (χ0n) is 13.7. The average Bonchev–Trinajstić information content (AvgIpc) is 2.55. The second-order valence-corrected chi connectivity index (χ2v) is 6.97. The Bertz CT molecular complexity index is 749. The van der Waals surface area contributed by atoms with Crippen molar-refractivity contribution in [3.8, 4) is 0 Å². The van der Waals surface area contributed by atoms with Crippen LogP contribution in [0.15, 0.2) is 42.5 Å². The summed E-state index contributed by atoms with van der Waals surface area (Å²) >= 11 is 0.